The van der Waals surface area contributed by atoms with Gasteiger partial charge in [0.2, 0.25) is 0 Å². The van der Waals surface area contributed by atoms with Crippen LogP contribution >= 0.6 is 0 Å². The van der Waals surface area contributed by atoms with E-state index in [1.165, 1.54) is 0 Å². The predicted molar refractivity (Wildman–Crippen MR) is 113 cm³/mol. The quantitative estimate of drug-likeness (QED) is 0.590. The predicted octanol–water partition coefficient (Wildman–Crippen LogP) is 4.07. The van der Waals surface area contributed by atoms with Crippen molar-refractivity contribution in [3.05, 3.63) is 53.6 Å². The number of hydrogen-bond acceptors (Lipinski definition) is 4. The molecule has 29 heavy (non-hydrogen) atoms. The molecule has 0 bridgehead atoms. The second-order valence-electron chi connectivity index (χ2n) is 7.43. The average molecular weight is 397 g/mol. The topological polar surface area (TPSA) is 99.7 Å². The third kappa shape index (κ3) is 5.71. The molecular weight excluding hydrogens is 370 g/mol. The fraction of sp³-hybridized carbons (Fsp3) is 0.364. The summed E-state index contributed by atoms with van der Waals surface area (Å²) in [6, 6.07) is 11.5. The maximum atomic E-state index is 12.4. The van der Waals surface area contributed by atoms with Gasteiger partial charge in [0.1, 0.15) is 5.75 Å². The number of phenols is 1. The molecule has 1 aliphatic heterocycles. The Morgan fingerprint density at radius 1 is 1.10 bits per heavy atom. The minimum absolute atomic E-state index is 0.0464. The van der Waals surface area contributed by atoms with Crippen molar-refractivity contribution in [3.63, 3.8) is 0 Å². The summed E-state index contributed by atoms with van der Waals surface area (Å²) in [5.41, 5.74) is 2.35. The fourth-order valence-corrected chi connectivity index (χ4v) is 3.12. The van der Waals surface area contributed by atoms with Crippen LogP contribution in [0.15, 0.2) is 42.5 Å². The lowest BCUT2D eigenvalue weighted by Gasteiger charge is -2.12. The Bertz CT molecular complexity index is 859. The summed E-state index contributed by atoms with van der Waals surface area (Å²) in [6.07, 6.45) is 2.08. The van der Waals surface area contributed by atoms with Gasteiger partial charge in [-0.05, 0) is 60.7 Å². The largest absolute Gasteiger partial charge is 0.507 e. The summed E-state index contributed by atoms with van der Waals surface area (Å²) >= 11 is 0. The van der Waals surface area contributed by atoms with Gasteiger partial charge in [-0.3, -0.25) is 4.79 Å². The van der Waals surface area contributed by atoms with E-state index in [1.807, 2.05) is 19.9 Å². The number of carbonyl (C=O) groups excluding carboxylic acids is 2. The Kier molecular flexibility index (Phi) is 6.72. The highest BCUT2D eigenvalue weighted by Gasteiger charge is 2.16. The number of carbonyl (C=O) groups is 2. The Morgan fingerprint density at radius 3 is 2.38 bits per heavy atom. The first-order chi connectivity index (χ1) is 13.9. The molecule has 3 rings (SSSR count). The lowest BCUT2D eigenvalue weighted by atomic mass is 10.0. The molecule has 7 heteroatoms. The Balaban J connectivity index is 1.53. The van der Waals surface area contributed by atoms with Crippen LogP contribution in [0.25, 0.3) is 0 Å². The Labute approximate surface area is 170 Å². The van der Waals surface area contributed by atoms with Crippen LogP contribution in [0.3, 0.4) is 0 Å². The number of rotatable bonds is 6. The van der Waals surface area contributed by atoms with Gasteiger partial charge in [-0.15, -0.1) is 0 Å². The van der Waals surface area contributed by atoms with Gasteiger partial charge in [-0.1, -0.05) is 19.9 Å². The molecule has 0 aliphatic carbocycles. The van der Waals surface area contributed by atoms with Crippen LogP contribution in [0.4, 0.5) is 16.2 Å². The molecule has 0 spiro atoms. The molecular formula is C22H27N3O4. The minimum Gasteiger partial charge on any atom is -0.507 e. The first-order valence-electron chi connectivity index (χ1n) is 9.83. The SMILES string of the molecule is CC(C)c1ccc(C(=O)Nc2ccc(NC(=O)NCC3CCCO3)cc2)c(O)c1. The van der Waals surface area contributed by atoms with Crippen LogP contribution in [0.1, 0.15) is 48.5 Å². The Hall–Kier alpha value is -3.06. The van der Waals surface area contributed by atoms with E-state index in [2.05, 4.69) is 16.0 Å². The number of aromatic hydroxyl groups is 1. The van der Waals surface area contributed by atoms with E-state index in [0.29, 0.717) is 17.9 Å². The maximum absolute atomic E-state index is 12.4. The van der Waals surface area contributed by atoms with Gasteiger partial charge in [0.05, 0.1) is 11.7 Å². The molecule has 0 aromatic heterocycles. The van der Waals surface area contributed by atoms with E-state index < -0.39 is 5.91 Å². The number of urea groups is 1. The van der Waals surface area contributed by atoms with Crippen molar-refractivity contribution in [2.75, 3.05) is 23.8 Å². The lowest BCUT2D eigenvalue weighted by Crippen LogP contribution is -2.35. The number of amides is 3. The van der Waals surface area contributed by atoms with E-state index in [4.69, 9.17) is 4.74 Å². The van der Waals surface area contributed by atoms with Crippen LogP contribution in [-0.2, 0) is 4.74 Å². The molecule has 154 valence electrons. The minimum atomic E-state index is -0.396. The zero-order valence-corrected chi connectivity index (χ0v) is 16.7. The summed E-state index contributed by atoms with van der Waals surface area (Å²) in [6.45, 7) is 5.28. The second-order valence-corrected chi connectivity index (χ2v) is 7.43. The smallest absolute Gasteiger partial charge is 0.319 e. The fourth-order valence-electron chi connectivity index (χ4n) is 3.12. The standard InChI is InChI=1S/C22H27N3O4/c1-14(2)15-5-10-19(20(26)12-15)21(27)24-16-6-8-17(9-7-16)25-22(28)23-13-18-4-3-11-29-18/h5-10,12,14,18,26H,3-4,11,13H2,1-2H3,(H,24,27)(H2,23,25,28). The van der Waals surface area contributed by atoms with E-state index in [1.54, 1.807) is 36.4 Å². The van der Waals surface area contributed by atoms with E-state index in [0.717, 1.165) is 25.0 Å². The molecule has 0 radical (unpaired) electrons. The number of hydrogen-bond donors (Lipinski definition) is 4. The highest BCUT2D eigenvalue weighted by Crippen LogP contribution is 2.25. The molecule has 1 unspecified atom stereocenters. The molecule has 2 aromatic rings. The highest BCUT2D eigenvalue weighted by molar-refractivity contribution is 6.06. The summed E-state index contributed by atoms with van der Waals surface area (Å²) in [5.74, 6) is -0.177. The highest BCUT2D eigenvalue weighted by atomic mass is 16.5. The summed E-state index contributed by atoms with van der Waals surface area (Å²) in [4.78, 5) is 24.4. The summed E-state index contributed by atoms with van der Waals surface area (Å²) in [5, 5.41) is 18.4. The van der Waals surface area contributed by atoms with Gasteiger partial charge in [-0.25, -0.2) is 4.79 Å². The van der Waals surface area contributed by atoms with Crippen molar-refractivity contribution in [2.45, 2.75) is 38.7 Å². The van der Waals surface area contributed by atoms with E-state index in [-0.39, 0.29) is 29.4 Å². The number of ether oxygens (including phenoxy) is 1. The van der Waals surface area contributed by atoms with Crippen molar-refractivity contribution in [1.82, 2.24) is 5.32 Å². The maximum Gasteiger partial charge on any atom is 0.319 e. The molecule has 4 N–H and O–H groups in total. The van der Waals surface area contributed by atoms with Crippen molar-refractivity contribution < 1.29 is 19.4 Å². The molecule has 0 saturated carbocycles. The first kappa shape index (κ1) is 20.7. The average Bonchev–Trinajstić information content (AvgIpc) is 3.21. The lowest BCUT2D eigenvalue weighted by molar-refractivity contribution is 0.102. The Morgan fingerprint density at radius 2 is 1.79 bits per heavy atom. The van der Waals surface area contributed by atoms with Gasteiger partial charge >= 0.3 is 6.03 Å². The van der Waals surface area contributed by atoms with Crippen molar-refractivity contribution in [3.8, 4) is 5.75 Å². The van der Waals surface area contributed by atoms with Crippen LogP contribution in [0.2, 0.25) is 0 Å². The second kappa shape index (κ2) is 9.43. The third-order valence-electron chi connectivity index (χ3n) is 4.85. The van der Waals surface area contributed by atoms with Crippen LogP contribution in [0.5, 0.6) is 5.75 Å². The number of benzene rings is 2. The molecule has 1 heterocycles. The monoisotopic (exact) mass is 397 g/mol. The van der Waals surface area contributed by atoms with Crippen LogP contribution in [-0.4, -0.2) is 36.3 Å². The number of nitrogens with one attached hydrogen (secondary N) is 3. The molecule has 1 aliphatic rings. The number of anilines is 2. The van der Waals surface area contributed by atoms with Crippen LogP contribution < -0.4 is 16.0 Å². The number of phenolic OH excluding ortho intramolecular Hbond substituents is 1. The normalized spacial score (nSPS) is 15.9. The van der Waals surface area contributed by atoms with Gasteiger partial charge in [0.25, 0.3) is 5.91 Å². The van der Waals surface area contributed by atoms with Gasteiger partial charge < -0.3 is 25.8 Å². The van der Waals surface area contributed by atoms with Crippen molar-refractivity contribution >= 4 is 23.3 Å². The zero-order valence-electron chi connectivity index (χ0n) is 16.7. The summed E-state index contributed by atoms with van der Waals surface area (Å²) < 4.78 is 5.47. The molecule has 2 aromatic carbocycles. The van der Waals surface area contributed by atoms with Crippen molar-refractivity contribution in [2.24, 2.45) is 0 Å². The van der Waals surface area contributed by atoms with Gasteiger partial charge in [-0.2, -0.15) is 0 Å². The molecule has 3 amide bonds. The van der Waals surface area contributed by atoms with Crippen LogP contribution in [0, 0.1) is 0 Å². The molecule has 1 saturated heterocycles. The van der Waals surface area contributed by atoms with Crippen molar-refractivity contribution in [1.29, 1.82) is 0 Å². The summed E-state index contributed by atoms with van der Waals surface area (Å²) in [7, 11) is 0. The molecule has 1 fully saturated rings. The van der Waals surface area contributed by atoms with Gasteiger partial charge in [0, 0.05) is 24.5 Å². The van der Waals surface area contributed by atoms with E-state index >= 15 is 0 Å². The zero-order chi connectivity index (χ0) is 20.8. The molecule has 1 atom stereocenters. The van der Waals surface area contributed by atoms with Gasteiger partial charge in [0.15, 0.2) is 0 Å². The third-order valence-corrected chi connectivity index (χ3v) is 4.85. The first-order valence-corrected chi connectivity index (χ1v) is 9.83. The van der Waals surface area contributed by atoms with E-state index in [9.17, 15) is 14.7 Å². The molecule has 7 nitrogen and oxygen atoms in total.